The summed E-state index contributed by atoms with van der Waals surface area (Å²) in [5, 5.41) is 36.5. The van der Waals surface area contributed by atoms with E-state index >= 15 is 0 Å². The number of rotatable bonds is 0. The maximum atomic E-state index is 14.9. The van der Waals surface area contributed by atoms with Crippen LogP contribution in [0.2, 0.25) is 0 Å². The lowest BCUT2D eigenvalue weighted by atomic mass is 10.0. The van der Waals surface area contributed by atoms with Crippen molar-refractivity contribution in [2.75, 3.05) is 0 Å². The molecule has 1 aliphatic carbocycles. The lowest BCUT2D eigenvalue weighted by molar-refractivity contribution is 0.0452. The fraction of sp³-hybridized carbons (Fsp3) is 0.0526. The summed E-state index contributed by atoms with van der Waals surface area (Å²) in [5.41, 5.74) is -1.12. The van der Waals surface area contributed by atoms with Crippen LogP contribution in [0.5, 0.6) is 0 Å². The molecule has 4 nitrogen and oxygen atoms in total. The fourth-order valence-corrected chi connectivity index (χ4v) is 2.84. The SMILES string of the molecule is N#CC(C#N)=c1ccc2c(c1)C(F)(F)c1cc(=C(C#N)C#N)ccc1=2. The Morgan fingerprint density at radius 2 is 1.04 bits per heavy atom. The quantitative estimate of drug-likeness (QED) is 0.737. The molecule has 3 rings (SSSR count). The van der Waals surface area contributed by atoms with Crippen LogP contribution < -0.4 is 10.4 Å². The van der Waals surface area contributed by atoms with Gasteiger partial charge in [0.05, 0.1) is 0 Å². The van der Waals surface area contributed by atoms with Gasteiger partial charge in [-0.1, -0.05) is 24.3 Å². The summed E-state index contributed by atoms with van der Waals surface area (Å²) >= 11 is 0. The lowest BCUT2D eigenvalue weighted by Gasteiger charge is -2.13. The predicted octanol–water partition coefficient (Wildman–Crippen LogP) is 1.82. The molecule has 0 saturated heterocycles. The number of alkyl halides is 2. The zero-order valence-electron chi connectivity index (χ0n) is 12.5. The predicted molar refractivity (Wildman–Crippen MR) is 82.1 cm³/mol. The van der Waals surface area contributed by atoms with Gasteiger partial charge < -0.3 is 0 Å². The smallest absolute Gasteiger partial charge is 0.196 e. The van der Waals surface area contributed by atoms with Crippen LogP contribution in [0.1, 0.15) is 11.1 Å². The van der Waals surface area contributed by atoms with E-state index in [2.05, 4.69) is 0 Å². The van der Waals surface area contributed by atoms with Gasteiger partial charge in [0.1, 0.15) is 35.4 Å². The molecule has 0 bridgehead atoms. The van der Waals surface area contributed by atoms with Gasteiger partial charge in [0, 0.05) is 21.6 Å². The molecule has 6 heteroatoms. The fourth-order valence-electron chi connectivity index (χ4n) is 2.84. The number of benzene rings is 2. The summed E-state index contributed by atoms with van der Waals surface area (Å²) < 4.78 is 29.8. The maximum absolute atomic E-state index is 14.9. The van der Waals surface area contributed by atoms with Gasteiger partial charge in [-0.05, 0) is 22.6 Å². The molecular formula is C19H6F2N4. The number of nitrogens with zero attached hydrogens (tertiary/aromatic N) is 4. The van der Waals surface area contributed by atoms with Crippen molar-refractivity contribution in [3.8, 4) is 24.3 Å². The highest BCUT2D eigenvalue weighted by atomic mass is 19.3. The molecule has 0 unspecified atom stereocenters. The second kappa shape index (κ2) is 5.57. The van der Waals surface area contributed by atoms with Gasteiger partial charge in [0.25, 0.3) is 5.92 Å². The first-order valence-electron chi connectivity index (χ1n) is 7.00. The molecule has 0 heterocycles. The highest BCUT2D eigenvalue weighted by Crippen LogP contribution is 2.40. The maximum Gasteiger partial charge on any atom is 0.299 e. The summed E-state index contributed by atoms with van der Waals surface area (Å²) in [6.45, 7) is 0. The van der Waals surface area contributed by atoms with Crippen molar-refractivity contribution < 1.29 is 8.78 Å². The van der Waals surface area contributed by atoms with Crippen LogP contribution in [0.25, 0.3) is 11.1 Å². The van der Waals surface area contributed by atoms with E-state index in [1.165, 1.54) is 24.3 Å². The minimum atomic E-state index is -3.36. The third kappa shape index (κ3) is 2.22. The molecule has 0 N–H and O–H groups in total. The standard InChI is InChI=1S/C19H6F2N4/c20-19(21)17-5-11(13(7-22)8-23)1-3-15(17)16-4-2-12(6-18(16)19)14(9-24)10-25/h1-6H. The number of hydrogen-bond acceptors (Lipinski definition) is 4. The van der Waals surface area contributed by atoms with Crippen molar-refractivity contribution in [3.05, 3.63) is 68.4 Å². The second-order valence-electron chi connectivity index (χ2n) is 5.29. The second-order valence-corrected chi connectivity index (χ2v) is 5.29. The number of fused-ring (bicyclic) bond motifs is 2. The number of halogens is 2. The first kappa shape index (κ1) is 15.9. The van der Waals surface area contributed by atoms with E-state index in [-0.39, 0.29) is 32.7 Å². The van der Waals surface area contributed by atoms with E-state index in [4.69, 9.17) is 21.0 Å². The largest absolute Gasteiger partial charge is 0.299 e. The summed E-state index contributed by atoms with van der Waals surface area (Å²) in [6, 6.07) is 14.8. The zero-order chi connectivity index (χ0) is 18.2. The average molecular weight is 328 g/mol. The van der Waals surface area contributed by atoms with E-state index in [0.717, 1.165) is 12.1 Å². The van der Waals surface area contributed by atoms with Crippen LogP contribution in [0.3, 0.4) is 0 Å². The van der Waals surface area contributed by atoms with Gasteiger partial charge in [0.15, 0.2) is 0 Å². The zero-order valence-corrected chi connectivity index (χ0v) is 12.5. The molecule has 0 saturated carbocycles. The normalized spacial score (nSPS) is 12.6. The molecule has 0 aliphatic heterocycles. The van der Waals surface area contributed by atoms with Gasteiger partial charge in [-0.15, -0.1) is 0 Å². The van der Waals surface area contributed by atoms with E-state index < -0.39 is 5.92 Å². The van der Waals surface area contributed by atoms with Crippen molar-refractivity contribution >= 4 is 11.1 Å². The van der Waals surface area contributed by atoms with Crippen LogP contribution in [-0.4, -0.2) is 0 Å². The summed E-state index contributed by atoms with van der Waals surface area (Å²) in [7, 11) is 0. The first-order valence-corrected chi connectivity index (χ1v) is 7.00. The Morgan fingerprint density at radius 3 is 1.36 bits per heavy atom. The highest BCUT2D eigenvalue weighted by Gasteiger charge is 2.40. The van der Waals surface area contributed by atoms with Crippen LogP contribution >= 0.6 is 0 Å². The van der Waals surface area contributed by atoms with E-state index in [1.807, 2.05) is 0 Å². The van der Waals surface area contributed by atoms with Crippen molar-refractivity contribution in [3.63, 3.8) is 0 Å². The van der Waals surface area contributed by atoms with Crippen LogP contribution in [0.15, 0.2) is 36.4 Å². The Kier molecular flexibility index (Phi) is 3.54. The van der Waals surface area contributed by atoms with E-state index in [0.29, 0.717) is 10.4 Å². The Hall–Kier alpha value is -4.00. The molecule has 116 valence electrons. The van der Waals surface area contributed by atoms with E-state index in [1.54, 1.807) is 24.3 Å². The van der Waals surface area contributed by atoms with E-state index in [9.17, 15) is 8.78 Å². The lowest BCUT2D eigenvalue weighted by Crippen LogP contribution is -2.18. The number of hydrogen-bond donors (Lipinski definition) is 0. The molecule has 0 spiro atoms. The van der Waals surface area contributed by atoms with Crippen molar-refractivity contribution in [2.24, 2.45) is 0 Å². The van der Waals surface area contributed by atoms with Gasteiger partial charge in [-0.2, -0.15) is 29.8 Å². The molecule has 25 heavy (non-hydrogen) atoms. The van der Waals surface area contributed by atoms with Crippen LogP contribution in [0, 0.1) is 55.8 Å². The minimum Gasteiger partial charge on any atom is -0.196 e. The summed E-state index contributed by atoms with van der Waals surface area (Å²) in [5.74, 6) is -3.36. The van der Waals surface area contributed by atoms with Gasteiger partial charge in [-0.25, -0.2) is 0 Å². The monoisotopic (exact) mass is 328 g/mol. The van der Waals surface area contributed by atoms with Gasteiger partial charge in [0.2, 0.25) is 0 Å². The molecule has 0 aromatic heterocycles. The highest BCUT2D eigenvalue weighted by molar-refractivity contribution is 5.73. The van der Waals surface area contributed by atoms with Crippen LogP contribution in [0.4, 0.5) is 8.78 Å². The van der Waals surface area contributed by atoms with Gasteiger partial charge in [-0.3, -0.25) is 0 Å². The first-order chi connectivity index (χ1) is 12.0. The molecule has 0 radical (unpaired) electrons. The molecule has 0 fully saturated rings. The Balaban J connectivity index is 2.48. The third-order valence-corrected chi connectivity index (χ3v) is 4.03. The average Bonchev–Trinajstić information content (AvgIpc) is 2.85. The molecule has 0 atom stereocenters. The molecule has 2 aromatic rings. The van der Waals surface area contributed by atoms with Gasteiger partial charge >= 0.3 is 0 Å². The minimum absolute atomic E-state index is 0.123. The molecule has 1 aliphatic rings. The van der Waals surface area contributed by atoms with Crippen LogP contribution in [-0.2, 0) is 5.92 Å². The molecule has 2 aromatic carbocycles. The Morgan fingerprint density at radius 1 is 0.680 bits per heavy atom. The van der Waals surface area contributed by atoms with Crippen molar-refractivity contribution in [1.82, 2.24) is 0 Å². The number of nitriles is 4. The summed E-state index contributed by atoms with van der Waals surface area (Å²) in [6.07, 6.45) is 0. The topological polar surface area (TPSA) is 95.2 Å². The summed E-state index contributed by atoms with van der Waals surface area (Å²) in [4.78, 5) is 0. The van der Waals surface area contributed by atoms with Crippen molar-refractivity contribution in [1.29, 1.82) is 21.0 Å². The third-order valence-electron chi connectivity index (χ3n) is 4.03. The Labute approximate surface area is 140 Å². The molecule has 0 amide bonds. The van der Waals surface area contributed by atoms with Crippen molar-refractivity contribution in [2.45, 2.75) is 5.92 Å². The Bertz CT molecular complexity index is 1180. The molecular weight excluding hydrogens is 322 g/mol.